The molecule has 2 aromatic carbocycles. The maximum absolute atomic E-state index is 12.9. The normalized spacial score (nSPS) is 13.4. The third kappa shape index (κ3) is 3.58. The predicted octanol–water partition coefficient (Wildman–Crippen LogP) is 4.77. The molecule has 33 heavy (non-hydrogen) atoms. The van der Waals surface area contributed by atoms with Crippen molar-refractivity contribution in [1.29, 1.82) is 0 Å². The zero-order valence-corrected chi connectivity index (χ0v) is 20.8. The standard InChI is InChI=1S/C22H16N6OS4/c1-3-30-21-23-9-12-18(26-21)24-13-10-7-5-6-8-11(10)14-16(15(13)32-12)33-17-19(25-14)27-22(31-4-2)28-20(17)29/h5-9H,3-4H2,1-2H3,(H,27,28,29). The minimum Gasteiger partial charge on any atom is -0.300 e. The van der Waals surface area contributed by atoms with Crippen LogP contribution in [0.15, 0.2) is 75.1 Å². The fourth-order valence-corrected chi connectivity index (χ4v) is 6.99. The zero-order valence-electron chi connectivity index (χ0n) is 17.6. The van der Waals surface area contributed by atoms with Crippen LogP contribution in [-0.2, 0) is 0 Å². The van der Waals surface area contributed by atoms with E-state index in [0.717, 1.165) is 52.8 Å². The Morgan fingerprint density at radius 1 is 0.879 bits per heavy atom. The second kappa shape index (κ2) is 8.46. The van der Waals surface area contributed by atoms with Crippen molar-refractivity contribution in [1.82, 2.24) is 19.9 Å². The average Bonchev–Trinajstić information content (AvgIpc) is 2.83. The number of hydrogen-bond donors (Lipinski definition) is 1. The molecule has 4 heterocycles. The fourth-order valence-electron chi connectivity index (χ4n) is 3.69. The molecule has 0 saturated carbocycles. The Morgan fingerprint density at radius 3 is 2.30 bits per heavy atom. The van der Waals surface area contributed by atoms with E-state index in [1.807, 2.05) is 31.3 Å². The first-order valence-electron chi connectivity index (χ1n) is 10.3. The number of fused-ring (bicyclic) bond motifs is 8. The molecule has 2 aliphatic heterocycles. The molecule has 0 amide bonds. The summed E-state index contributed by atoms with van der Waals surface area (Å²) in [5, 5.41) is 5.00. The zero-order chi connectivity index (χ0) is 22.5. The summed E-state index contributed by atoms with van der Waals surface area (Å²) in [5.74, 6) is 2.87. The summed E-state index contributed by atoms with van der Waals surface area (Å²) in [4.78, 5) is 42.6. The molecule has 7 nitrogen and oxygen atoms in total. The van der Waals surface area contributed by atoms with Crippen LogP contribution in [0.3, 0.4) is 0 Å². The molecule has 0 atom stereocenters. The number of nitrogens with zero attached hydrogens (tertiary/aromatic N) is 5. The number of rotatable bonds is 4. The predicted molar refractivity (Wildman–Crippen MR) is 134 cm³/mol. The topological polar surface area (TPSA) is 96.2 Å². The SMILES string of the molecule is CCSc1ncc2c(n1)N=c1c(c3c(c4ccccc14)=Nc1nc(SCC)[nH]c(=O)c1S3)S2. The molecule has 0 saturated heterocycles. The summed E-state index contributed by atoms with van der Waals surface area (Å²) in [6, 6.07) is 8.11. The van der Waals surface area contributed by atoms with Crippen molar-refractivity contribution in [3.63, 3.8) is 0 Å². The average molecular weight is 509 g/mol. The van der Waals surface area contributed by atoms with E-state index in [2.05, 4.69) is 32.9 Å². The van der Waals surface area contributed by atoms with Crippen LogP contribution in [0, 0.1) is 0 Å². The molecule has 1 N–H and O–H groups in total. The molecule has 2 aliphatic rings. The van der Waals surface area contributed by atoms with E-state index in [0.29, 0.717) is 21.7 Å². The van der Waals surface area contributed by atoms with Gasteiger partial charge >= 0.3 is 0 Å². The summed E-state index contributed by atoms with van der Waals surface area (Å²) in [7, 11) is 0. The summed E-state index contributed by atoms with van der Waals surface area (Å²) in [6.07, 6.45) is 1.83. The molecular weight excluding hydrogens is 493 g/mol. The highest BCUT2D eigenvalue weighted by Gasteiger charge is 2.27. The second-order valence-corrected chi connectivity index (χ2v) is 11.6. The maximum Gasteiger partial charge on any atom is 0.267 e. The Bertz CT molecular complexity index is 1640. The Labute approximate surface area is 205 Å². The van der Waals surface area contributed by atoms with Gasteiger partial charge in [0.15, 0.2) is 21.9 Å². The van der Waals surface area contributed by atoms with Gasteiger partial charge in [0.2, 0.25) is 0 Å². The number of aromatic nitrogens is 4. The lowest BCUT2D eigenvalue weighted by Gasteiger charge is -2.19. The molecule has 2 aromatic heterocycles. The van der Waals surface area contributed by atoms with Crippen LogP contribution in [-0.4, -0.2) is 31.4 Å². The van der Waals surface area contributed by atoms with E-state index in [4.69, 9.17) is 9.98 Å². The van der Waals surface area contributed by atoms with Gasteiger partial charge in [0.1, 0.15) is 4.90 Å². The van der Waals surface area contributed by atoms with Crippen LogP contribution in [0.25, 0.3) is 10.8 Å². The van der Waals surface area contributed by atoms with Gasteiger partial charge in [-0.2, -0.15) is 0 Å². The number of H-pyrrole nitrogens is 1. The van der Waals surface area contributed by atoms with E-state index in [1.165, 1.54) is 23.5 Å². The molecule has 0 bridgehead atoms. The summed E-state index contributed by atoms with van der Waals surface area (Å²) in [5.41, 5.74) is -0.167. The maximum atomic E-state index is 12.9. The van der Waals surface area contributed by atoms with Gasteiger partial charge in [0, 0.05) is 17.0 Å². The van der Waals surface area contributed by atoms with Crippen LogP contribution >= 0.6 is 47.0 Å². The van der Waals surface area contributed by atoms with Crippen LogP contribution in [0.2, 0.25) is 0 Å². The summed E-state index contributed by atoms with van der Waals surface area (Å²) >= 11 is 6.09. The number of thioether (sulfide) groups is 2. The van der Waals surface area contributed by atoms with Crippen molar-refractivity contribution in [2.24, 2.45) is 9.98 Å². The smallest absolute Gasteiger partial charge is 0.267 e. The van der Waals surface area contributed by atoms with Gasteiger partial charge < -0.3 is 4.98 Å². The van der Waals surface area contributed by atoms with Crippen molar-refractivity contribution in [3.05, 3.63) is 51.5 Å². The molecule has 0 unspecified atom stereocenters. The molecule has 6 rings (SSSR count). The Hall–Kier alpha value is -2.34. The van der Waals surface area contributed by atoms with Crippen LogP contribution < -0.4 is 16.3 Å². The molecule has 0 fully saturated rings. The van der Waals surface area contributed by atoms with Crippen molar-refractivity contribution >= 4 is 69.5 Å². The number of benzene rings is 2. The van der Waals surface area contributed by atoms with Gasteiger partial charge in [-0.05, 0) is 11.5 Å². The highest BCUT2D eigenvalue weighted by atomic mass is 32.2. The lowest BCUT2D eigenvalue weighted by molar-refractivity contribution is 0.874. The minimum atomic E-state index is -0.167. The monoisotopic (exact) mass is 508 g/mol. The van der Waals surface area contributed by atoms with Crippen molar-refractivity contribution < 1.29 is 0 Å². The molecule has 0 spiro atoms. The molecule has 164 valence electrons. The van der Waals surface area contributed by atoms with Gasteiger partial charge in [0.05, 0.1) is 25.4 Å². The highest BCUT2D eigenvalue weighted by molar-refractivity contribution is 8.02. The Kier molecular flexibility index (Phi) is 5.44. The summed E-state index contributed by atoms with van der Waals surface area (Å²) in [6.45, 7) is 4.10. The quantitative estimate of drug-likeness (QED) is 0.269. The van der Waals surface area contributed by atoms with E-state index in [-0.39, 0.29) is 5.56 Å². The molecule has 11 heteroatoms. The molecule has 4 aromatic rings. The first kappa shape index (κ1) is 21.2. The van der Waals surface area contributed by atoms with Crippen molar-refractivity contribution in [3.8, 4) is 0 Å². The first-order chi connectivity index (χ1) is 16.2. The Balaban J connectivity index is 1.66. The lowest BCUT2D eigenvalue weighted by Crippen LogP contribution is -2.24. The molecular formula is C22H16N6OS4. The second-order valence-electron chi connectivity index (χ2n) is 7.06. The van der Waals surface area contributed by atoms with Crippen LogP contribution in [0.5, 0.6) is 0 Å². The number of nitrogens with one attached hydrogen (secondary N) is 1. The van der Waals surface area contributed by atoms with E-state index >= 15 is 0 Å². The van der Waals surface area contributed by atoms with Crippen LogP contribution in [0.4, 0.5) is 11.6 Å². The van der Waals surface area contributed by atoms with Gasteiger partial charge in [-0.25, -0.2) is 24.9 Å². The van der Waals surface area contributed by atoms with Crippen LogP contribution in [0.1, 0.15) is 13.8 Å². The molecule has 0 aliphatic carbocycles. The lowest BCUT2D eigenvalue weighted by atomic mass is 10.1. The largest absolute Gasteiger partial charge is 0.300 e. The van der Waals surface area contributed by atoms with E-state index in [9.17, 15) is 4.79 Å². The Morgan fingerprint density at radius 2 is 1.58 bits per heavy atom. The fraction of sp³-hybridized carbons (Fsp3) is 0.182. The van der Waals surface area contributed by atoms with E-state index < -0.39 is 0 Å². The number of hydrogen-bond acceptors (Lipinski definition) is 10. The van der Waals surface area contributed by atoms with Gasteiger partial charge in [0.25, 0.3) is 5.56 Å². The van der Waals surface area contributed by atoms with E-state index in [1.54, 1.807) is 23.5 Å². The van der Waals surface area contributed by atoms with Gasteiger partial charge in [-0.3, -0.25) is 4.79 Å². The summed E-state index contributed by atoms with van der Waals surface area (Å²) < 4.78 is 0. The highest BCUT2D eigenvalue weighted by Crippen LogP contribution is 2.44. The first-order valence-corrected chi connectivity index (χ1v) is 13.9. The minimum absolute atomic E-state index is 0.167. The van der Waals surface area contributed by atoms with Crippen molar-refractivity contribution in [2.75, 3.05) is 11.5 Å². The third-order valence-corrected chi connectivity index (χ3v) is 8.94. The van der Waals surface area contributed by atoms with Crippen molar-refractivity contribution in [2.45, 2.75) is 43.7 Å². The van der Waals surface area contributed by atoms with Gasteiger partial charge in [-0.15, -0.1) is 0 Å². The third-order valence-electron chi connectivity index (χ3n) is 5.03. The molecule has 0 radical (unpaired) electrons. The van der Waals surface area contributed by atoms with Gasteiger partial charge in [-0.1, -0.05) is 85.2 Å². The number of aromatic amines is 1.